The third kappa shape index (κ3) is 3.00. The van der Waals surface area contributed by atoms with E-state index in [4.69, 9.17) is 16.1 Å². The second-order valence-corrected chi connectivity index (χ2v) is 7.04. The van der Waals surface area contributed by atoms with Crippen molar-refractivity contribution in [3.05, 3.63) is 22.9 Å². The fraction of sp³-hybridized carbons (Fsp3) is 0.625. The van der Waals surface area contributed by atoms with Gasteiger partial charge in [0.15, 0.2) is 0 Å². The smallest absolute Gasteiger partial charge is 0.125 e. The van der Waals surface area contributed by atoms with Crippen molar-refractivity contribution in [3.8, 4) is 0 Å². The van der Waals surface area contributed by atoms with Crippen LogP contribution in [0.4, 0.5) is 0 Å². The minimum atomic E-state index is 0.166. The summed E-state index contributed by atoms with van der Waals surface area (Å²) in [7, 11) is 0. The molecule has 2 aliphatic rings. The number of amidine groups is 1. The Morgan fingerprint density at radius 1 is 1.25 bits per heavy atom. The van der Waals surface area contributed by atoms with Crippen LogP contribution >= 0.6 is 11.8 Å². The molecule has 4 heteroatoms. The van der Waals surface area contributed by atoms with Gasteiger partial charge >= 0.3 is 0 Å². The van der Waals surface area contributed by atoms with Crippen LogP contribution in [0.15, 0.2) is 11.1 Å². The standard InChI is InChI=1S/C16H23N3S/c17-15(18)13-9-12-7-3-4-8-14(12)19-16(13)20-10-11-5-1-2-6-11/h9,11H,1-8,10H2,(H3,17,18). The van der Waals surface area contributed by atoms with E-state index in [-0.39, 0.29) is 5.84 Å². The largest absolute Gasteiger partial charge is 0.384 e. The maximum atomic E-state index is 7.81. The predicted octanol–water partition coefficient (Wildman–Crippen LogP) is 3.53. The van der Waals surface area contributed by atoms with Gasteiger partial charge in [-0.25, -0.2) is 4.98 Å². The van der Waals surface area contributed by atoms with Gasteiger partial charge < -0.3 is 5.73 Å². The monoisotopic (exact) mass is 289 g/mol. The van der Waals surface area contributed by atoms with E-state index >= 15 is 0 Å². The highest BCUT2D eigenvalue weighted by atomic mass is 32.2. The van der Waals surface area contributed by atoms with Crippen molar-refractivity contribution in [2.45, 2.75) is 56.4 Å². The van der Waals surface area contributed by atoms with Crippen LogP contribution in [-0.2, 0) is 12.8 Å². The van der Waals surface area contributed by atoms with Crippen LogP contribution in [0.25, 0.3) is 0 Å². The molecule has 0 bridgehead atoms. The highest BCUT2D eigenvalue weighted by Gasteiger charge is 2.19. The summed E-state index contributed by atoms with van der Waals surface area (Å²) >= 11 is 1.81. The van der Waals surface area contributed by atoms with Gasteiger partial charge in [-0.05, 0) is 56.1 Å². The van der Waals surface area contributed by atoms with Crippen LogP contribution < -0.4 is 5.73 Å². The summed E-state index contributed by atoms with van der Waals surface area (Å²) in [5, 5.41) is 8.80. The molecular weight excluding hydrogens is 266 g/mol. The highest BCUT2D eigenvalue weighted by molar-refractivity contribution is 7.99. The Labute approximate surface area is 125 Å². The lowest BCUT2D eigenvalue weighted by molar-refractivity contribution is 0.622. The molecule has 0 aromatic carbocycles. The number of fused-ring (bicyclic) bond motifs is 1. The van der Waals surface area contributed by atoms with Crippen LogP contribution in [-0.4, -0.2) is 16.6 Å². The molecule has 1 aromatic rings. The molecular formula is C16H23N3S. The summed E-state index contributed by atoms with van der Waals surface area (Å²) in [6.45, 7) is 0. The molecule has 3 rings (SSSR count). The molecule has 3 nitrogen and oxygen atoms in total. The predicted molar refractivity (Wildman–Crippen MR) is 84.6 cm³/mol. The average Bonchev–Trinajstić information content (AvgIpc) is 2.97. The van der Waals surface area contributed by atoms with Crippen molar-refractivity contribution in [1.29, 1.82) is 5.41 Å². The molecule has 0 aliphatic heterocycles. The molecule has 20 heavy (non-hydrogen) atoms. The molecule has 2 aliphatic carbocycles. The molecule has 1 fully saturated rings. The van der Waals surface area contributed by atoms with E-state index < -0.39 is 0 Å². The Kier molecular flexibility index (Phi) is 4.29. The van der Waals surface area contributed by atoms with Crippen molar-refractivity contribution in [3.63, 3.8) is 0 Å². The van der Waals surface area contributed by atoms with Crippen LogP contribution in [0.3, 0.4) is 0 Å². The SMILES string of the molecule is N=C(N)c1cc2c(nc1SCC1CCCC1)CCCC2. The van der Waals surface area contributed by atoms with Crippen LogP contribution in [0.5, 0.6) is 0 Å². The summed E-state index contributed by atoms with van der Waals surface area (Å²) < 4.78 is 0. The number of nitrogens with one attached hydrogen (secondary N) is 1. The molecule has 108 valence electrons. The first-order chi connectivity index (χ1) is 9.74. The topological polar surface area (TPSA) is 62.8 Å². The molecule has 0 saturated heterocycles. The Balaban J connectivity index is 1.81. The summed E-state index contributed by atoms with van der Waals surface area (Å²) in [5.41, 5.74) is 9.17. The van der Waals surface area contributed by atoms with Gasteiger partial charge in [-0.2, -0.15) is 0 Å². The van der Waals surface area contributed by atoms with Crippen LogP contribution in [0, 0.1) is 11.3 Å². The fourth-order valence-corrected chi connectivity index (χ4v) is 4.52. The lowest BCUT2D eigenvalue weighted by atomic mass is 9.95. The molecule has 0 spiro atoms. The van der Waals surface area contributed by atoms with Gasteiger partial charge in [0.05, 0.1) is 0 Å². The molecule has 1 aromatic heterocycles. The second kappa shape index (κ2) is 6.17. The molecule has 0 unspecified atom stereocenters. The number of nitrogens with two attached hydrogens (primary N) is 1. The summed E-state index contributed by atoms with van der Waals surface area (Å²) in [4.78, 5) is 4.84. The van der Waals surface area contributed by atoms with Gasteiger partial charge in [0, 0.05) is 17.0 Å². The number of aryl methyl sites for hydroxylation is 2. The number of hydrogen-bond donors (Lipinski definition) is 2. The summed E-state index contributed by atoms with van der Waals surface area (Å²) in [6.07, 6.45) is 10.1. The number of aromatic nitrogens is 1. The number of pyridine rings is 1. The molecule has 0 atom stereocenters. The number of nitrogen functional groups attached to an aromatic ring is 1. The average molecular weight is 289 g/mol. The summed E-state index contributed by atoms with van der Waals surface area (Å²) in [5.74, 6) is 2.13. The van der Waals surface area contributed by atoms with Crippen LogP contribution in [0.2, 0.25) is 0 Å². The van der Waals surface area contributed by atoms with Gasteiger partial charge in [-0.15, -0.1) is 11.8 Å². The van der Waals surface area contributed by atoms with Crippen molar-refractivity contribution in [2.24, 2.45) is 11.7 Å². The maximum absolute atomic E-state index is 7.81. The van der Waals surface area contributed by atoms with Gasteiger partial charge in [-0.3, -0.25) is 5.41 Å². The Hall–Kier alpha value is -1.03. The molecule has 1 saturated carbocycles. The van der Waals surface area contributed by atoms with E-state index in [1.807, 2.05) is 11.8 Å². The number of thioether (sulfide) groups is 1. The van der Waals surface area contributed by atoms with E-state index in [0.717, 1.165) is 35.1 Å². The van der Waals surface area contributed by atoms with E-state index in [0.29, 0.717) is 0 Å². The number of hydrogen-bond acceptors (Lipinski definition) is 3. The van der Waals surface area contributed by atoms with Gasteiger partial charge in [-0.1, -0.05) is 12.8 Å². The van der Waals surface area contributed by atoms with E-state index in [2.05, 4.69) is 6.07 Å². The van der Waals surface area contributed by atoms with Crippen LogP contribution in [0.1, 0.15) is 55.3 Å². The second-order valence-electron chi connectivity index (χ2n) is 6.03. The number of nitrogens with zero attached hydrogens (tertiary/aromatic N) is 1. The quantitative estimate of drug-likeness (QED) is 0.506. The minimum absolute atomic E-state index is 0.166. The van der Waals surface area contributed by atoms with Crippen molar-refractivity contribution in [1.82, 2.24) is 4.98 Å². The zero-order chi connectivity index (χ0) is 13.9. The highest BCUT2D eigenvalue weighted by Crippen LogP contribution is 2.33. The Morgan fingerprint density at radius 3 is 2.75 bits per heavy atom. The normalized spacial score (nSPS) is 19.0. The summed E-state index contributed by atoms with van der Waals surface area (Å²) in [6, 6.07) is 2.13. The Bertz CT molecular complexity index is 507. The molecule has 0 amide bonds. The third-order valence-electron chi connectivity index (χ3n) is 4.49. The van der Waals surface area contributed by atoms with Crippen molar-refractivity contribution in [2.75, 3.05) is 5.75 Å². The zero-order valence-electron chi connectivity index (χ0n) is 12.0. The first-order valence-electron chi connectivity index (χ1n) is 7.74. The van der Waals surface area contributed by atoms with Gasteiger partial charge in [0.25, 0.3) is 0 Å². The zero-order valence-corrected chi connectivity index (χ0v) is 12.8. The molecule has 1 heterocycles. The maximum Gasteiger partial charge on any atom is 0.125 e. The van der Waals surface area contributed by atoms with E-state index in [9.17, 15) is 0 Å². The van der Waals surface area contributed by atoms with E-state index in [1.54, 1.807) is 0 Å². The lowest BCUT2D eigenvalue weighted by Crippen LogP contribution is -2.17. The number of rotatable bonds is 4. The first kappa shape index (κ1) is 13.9. The van der Waals surface area contributed by atoms with Crippen molar-refractivity contribution < 1.29 is 0 Å². The lowest BCUT2D eigenvalue weighted by Gasteiger charge is -2.18. The molecule has 0 radical (unpaired) electrons. The Morgan fingerprint density at radius 2 is 2.00 bits per heavy atom. The molecule has 3 N–H and O–H groups in total. The fourth-order valence-electron chi connectivity index (χ4n) is 3.29. The minimum Gasteiger partial charge on any atom is -0.384 e. The van der Waals surface area contributed by atoms with E-state index in [1.165, 1.54) is 49.8 Å². The third-order valence-corrected chi connectivity index (χ3v) is 5.71. The van der Waals surface area contributed by atoms with Gasteiger partial charge in [0.2, 0.25) is 0 Å². The van der Waals surface area contributed by atoms with Gasteiger partial charge in [0.1, 0.15) is 10.9 Å². The van der Waals surface area contributed by atoms with Crippen molar-refractivity contribution >= 4 is 17.6 Å². The first-order valence-corrected chi connectivity index (χ1v) is 8.72.